The summed E-state index contributed by atoms with van der Waals surface area (Å²) >= 11 is 0. The molecule has 0 radical (unpaired) electrons. The van der Waals surface area contributed by atoms with Crippen molar-refractivity contribution in [3.8, 4) is 11.5 Å². The van der Waals surface area contributed by atoms with E-state index in [0.29, 0.717) is 36.8 Å². The van der Waals surface area contributed by atoms with Crippen LogP contribution in [-0.4, -0.2) is 61.8 Å². The number of carbonyl (C=O) groups excluding carboxylic acids is 1. The number of aromatic nitrogens is 1. The maximum absolute atomic E-state index is 13.0. The van der Waals surface area contributed by atoms with E-state index in [2.05, 4.69) is 4.98 Å². The van der Waals surface area contributed by atoms with Gasteiger partial charge < -0.3 is 14.4 Å². The number of hydrogen-bond acceptors (Lipinski definition) is 6. The van der Waals surface area contributed by atoms with Crippen molar-refractivity contribution in [1.29, 1.82) is 0 Å². The van der Waals surface area contributed by atoms with E-state index in [4.69, 9.17) is 9.47 Å². The summed E-state index contributed by atoms with van der Waals surface area (Å²) in [5, 5.41) is 0. The van der Waals surface area contributed by atoms with E-state index >= 15 is 0 Å². The maximum atomic E-state index is 13.0. The van der Waals surface area contributed by atoms with Crippen molar-refractivity contribution in [1.82, 2.24) is 14.2 Å². The molecule has 8 nitrogen and oxygen atoms in total. The highest BCUT2D eigenvalue weighted by molar-refractivity contribution is 7.89. The highest BCUT2D eigenvalue weighted by Gasteiger charge is 2.30. The Morgan fingerprint density at radius 2 is 1.73 bits per heavy atom. The van der Waals surface area contributed by atoms with Crippen LogP contribution in [0.3, 0.4) is 0 Å². The molecule has 33 heavy (non-hydrogen) atoms. The number of amides is 1. The molecular formula is C24H25N3O5S. The Labute approximate surface area is 193 Å². The lowest BCUT2D eigenvalue weighted by Gasteiger charge is -2.34. The van der Waals surface area contributed by atoms with Gasteiger partial charge in [0, 0.05) is 49.7 Å². The van der Waals surface area contributed by atoms with E-state index in [9.17, 15) is 13.2 Å². The monoisotopic (exact) mass is 467 g/mol. The summed E-state index contributed by atoms with van der Waals surface area (Å²) in [5.74, 6) is 1.03. The molecule has 1 aliphatic heterocycles. The fourth-order valence-electron chi connectivity index (χ4n) is 3.58. The SMILES string of the molecule is COc1ccc(S(=O)(=O)N2CCN(C(=O)c3cccc(OCc4cccnc4)c3)CC2)cc1. The third-order valence-electron chi connectivity index (χ3n) is 5.43. The molecule has 0 N–H and O–H groups in total. The molecular weight excluding hydrogens is 442 g/mol. The van der Waals surface area contributed by atoms with Gasteiger partial charge in [0.05, 0.1) is 12.0 Å². The van der Waals surface area contributed by atoms with Crippen LogP contribution in [0.5, 0.6) is 11.5 Å². The first-order chi connectivity index (χ1) is 16.0. The van der Waals surface area contributed by atoms with Crippen LogP contribution >= 0.6 is 0 Å². The quantitative estimate of drug-likeness (QED) is 0.531. The predicted molar refractivity (Wildman–Crippen MR) is 123 cm³/mol. The van der Waals surface area contributed by atoms with Gasteiger partial charge in [-0.15, -0.1) is 0 Å². The Kier molecular flexibility index (Phi) is 6.90. The zero-order valence-electron chi connectivity index (χ0n) is 18.3. The van der Waals surface area contributed by atoms with E-state index in [1.807, 2.05) is 12.1 Å². The number of carbonyl (C=O) groups is 1. The number of benzene rings is 2. The normalized spacial score (nSPS) is 14.6. The molecule has 172 valence electrons. The van der Waals surface area contributed by atoms with E-state index in [0.717, 1.165) is 5.56 Å². The van der Waals surface area contributed by atoms with Crippen LogP contribution in [-0.2, 0) is 16.6 Å². The molecule has 1 aromatic heterocycles. The molecule has 0 unspecified atom stereocenters. The molecule has 0 saturated carbocycles. The molecule has 9 heteroatoms. The van der Waals surface area contributed by atoms with Crippen molar-refractivity contribution in [2.45, 2.75) is 11.5 Å². The van der Waals surface area contributed by atoms with Gasteiger partial charge >= 0.3 is 0 Å². The molecule has 2 aromatic carbocycles. The van der Waals surface area contributed by atoms with Gasteiger partial charge in [0.1, 0.15) is 18.1 Å². The molecule has 1 amide bonds. The third-order valence-corrected chi connectivity index (χ3v) is 7.35. The van der Waals surface area contributed by atoms with Crippen LogP contribution in [0.1, 0.15) is 15.9 Å². The highest BCUT2D eigenvalue weighted by atomic mass is 32.2. The minimum absolute atomic E-state index is 0.150. The second-order valence-corrected chi connectivity index (χ2v) is 9.49. The van der Waals surface area contributed by atoms with Gasteiger partial charge in [-0.3, -0.25) is 9.78 Å². The summed E-state index contributed by atoms with van der Waals surface area (Å²) in [5.41, 5.74) is 1.44. The molecule has 0 spiro atoms. The van der Waals surface area contributed by atoms with E-state index in [1.54, 1.807) is 53.7 Å². The van der Waals surface area contributed by atoms with Gasteiger partial charge in [-0.05, 0) is 48.5 Å². The second kappa shape index (κ2) is 10.0. The lowest BCUT2D eigenvalue weighted by atomic mass is 10.1. The Balaban J connectivity index is 1.37. The van der Waals surface area contributed by atoms with Crippen LogP contribution in [0.2, 0.25) is 0 Å². The molecule has 2 heterocycles. The molecule has 1 saturated heterocycles. The lowest BCUT2D eigenvalue weighted by molar-refractivity contribution is 0.0697. The largest absolute Gasteiger partial charge is 0.497 e. The summed E-state index contributed by atoms with van der Waals surface area (Å²) in [6.45, 7) is 1.45. The summed E-state index contributed by atoms with van der Waals surface area (Å²) in [6.07, 6.45) is 3.43. The van der Waals surface area contributed by atoms with E-state index in [1.165, 1.54) is 23.5 Å². The number of hydrogen-bond donors (Lipinski definition) is 0. The van der Waals surface area contributed by atoms with Gasteiger partial charge in [-0.2, -0.15) is 4.31 Å². The predicted octanol–water partition coefficient (Wildman–Crippen LogP) is 2.82. The molecule has 0 bridgehead atoms. The fourth-order valence-corrected chi connectivity index (χ4v) is 5.00. The maximum Gasteiger partial charge on any atom is 0.254 e. The number of nitrogens with zero attached hydrogens (tertiary/aromatic N) is 3. The summed E-state index contributed by atoms with van der Waals surface area (Å²) < 4.78 is 38.1. The number of methoxy groups -OCH3 is 1. The molecule has 1 fully saturated rings. The Bertz CT molecular complexity index is 1190. The Hall–Kier alpha value is -3.43. The van der Waals surface area contributed by atoms with Crippen LogP contribution in [0.25, 0.3) is 0 Å². The minimum atomic E-state index is -3.63. The Morgan fingerprint density at radius 3 is 2.39 bits per heavy atom. The first-order valence-electron chi connectivity index (χ1n) is 10.5. The van der Waals surface area contributed by atoms with Gasteiger partial charge in [-0.25, -0.2) is 8.42 Å². The van der Waals surface area contributed by atoms with Gasteiger partial charge in [0.25, 0.3) is 5.91 Å². The lowest BCUT2D eigenvalue weighted by Crippen LogP contribution is -2.50. The minimum Gasteiger partial charge on any atom is -0.497 e. The van der Waals surface area contributed by atoms with Crippen molar-refractivity contribution in [3.05, 3.63) is 84.2 Å². The summed E-state index contributed by atoms with van der Waals surface area (Å²) in [6, 6.07) is 17.1. The van der Waals surface area contributed by atoms with Crippen LogP contribution < -0.4 is 9.47 Å². The smallest absolute Gasteiger partial charge is 0.254 e. The zero-order valence-corrected chi connectivity index (χ0v) is 19.1. The fraction of sp³-hybridized carbons (Fsp3) is 0.250. The average molecular weight is 468 g/mol. The first-order valence-corrected chi connectivity index (χ1v) is 12.0. The third kappa shape index (κ3) is 5.32. The van der Waals surface area contributed by atoms with Crippen LogP contribution in [0.15, 0.2) is 78.0 Å². The molecule has 0 aliphatic carbocycles. The number of sulfonamides is 1. The van der Waals surface area contributed by atoms with Gasteiger partial charge in [0.15, 0.2) is 0 Å². The second-order valence-electron chi connectivity index (χ2n) is 7.55. The van der Waals surface area contributed by atoms with Crippen LogP contribution in [0.4, 0.5) is 0 Å². The zero-order chi connectivity index (χ0) is 23.3. The van der Waals surface area contributed by atoms with Crippen molar-refractivity contribution in [2.24, 2.45) is 0 Å². The summed E-state index contributed by atoms with van der Waals surface area (Å²) in [7, 11) is -2.10. The topological polar surface area (TPSA) is 89.0 Å². The molecule has 0 atom stereocenters. The van der Waals surface area contributed by atoms with Gasteiger partial charge in [0.2, 0.25) is 10.0 Å². The Morgan fingerprint density at radius 1 is 0.970 bits per heavy atom. The highest BCUT2D eigenvalue weighted by Crippen LogP contribution is 2.22. The van der Waals surface area contributed by atoms with Crippen molar-refractivity contribution < 1.29 is 22.7 Å². The first kappa shape index (κ1) is 22.8. The van der Waals surface area contributed by atoms with Crippen molar-refractivity contribution in [2.75, 3.05) is 33.3 Å². The van der Waals surface area contributed by atoms with E-state index in [-0.39, 0.29) is 23.9 Å². The van der Waals surface area contributed by atoms with Crippen molar-refractivity contribution in [3.63, 3.8) is 0 Å². The number of piperazine rings is 1. The standard InChI is InChI=1S/C24H25N3O5S/c1-31-21-7-9-23(10-8-21)33(29,30)27-14-12-26(13-15-27)24(28)20-5-2-6-22(16-20)32-18-19-4-3-11-25-17-19/h2-11,16-17H,12-15,18H2,1H3. The van der Waals surface area contributed by atoms with Gasteiger partial charge in [-0.1, -0.05) is 12.1 Å². The van der Waals surface area contributed by atoms with E-state index < -0.39 is 10.0 Å². The van der Waals surface area contributed by atoms with Crippen LogP contribution in [0, 0.1) is 0 Å². The number of pyridine rings is 1. The number of ether oxygens (including phenoxy) is 2. The van der Waals surface area contributed by atoms with Crippen molar-refractivity contribution >= 4 is 15.9 Å². The number of rotatable bonds is 7. The molecule has 1 aliphatic rings. The summed E-state index contributed by atoms with van der Waals surface area (Å²) in [4.78, 5) is 18.9. The average Bonchev–Trinajstić information content (AvgIpc) is 2.88. The molecule has 4 rings (SSSR count). The molecule has 3 aromatic rings.